The molecule has 0 fully saturated rings. The molecule has 13 heavy (non-hydrogen) atoms. The summed E-state index contributed by atoms with van der Waals surface area (Å²) in [5.74, 6) is -2.54. The lowest BCUT2D eigenvalue weighted by atomic mass is 10.3. The van der Waals surface area contributed by atoms with Gasteiger partial charge in [-0.3, -0.25) is 29.8 Å². The predicted molar refractivity (Wildman–Crippen MR) is 42.3 cm³/mol. The van der Waals surface area contributed by atoms with Gasteiger partial charge in [-0.05, 0) is 0 Å². The van der Waals surface area contributed by atoms with E-state index in [1.54, 1.807) is 0 Å². The molecule has 0 bridgehead atoms. The zero-order chi connectivity index (χ0) is 10.4. The van der Waals surface area contributed by atoms with Crippen molar-refractivity contribution in [1.82, 2.24) is 10.6 Å². The maximum absolute atomic E-state index is 10.7. The number of imide groups is 2. The molecule has 0 unspecified atom stereocenters. The van der Waals surface area contributed by atoms with E-state index in [0.29, 0.717) is 0 Å². The van der Waals surface area contributed by atoms with Crippen LogP contribution in [0.5, 0.6) is 0 Å². The zero-order valence-electron chi connectivity index (χ0n) is 7.34. The largest absolute Gasteiger partial charge is 0.296 e. The van der Waals surface area contributed by atoms with Gasteiger partial charge >= 0.3 is 0 Å². The molecule has 0 aromatic rings. The topological polar surface area (TPSA) is 92.3 Å². The van der Waals surface area contributed by atoms with Crippen LogP contribution < -0.4 is 10.6 Å². The Morgan fingerprint density at radius 1 is 0.846 bits per heavy atom. The van der Waals surface area contributed by atoms with Crippen molar-refractivity contribution in [3.8, 4) is 0 Å². The number of carbonyl (C=O) groups is 4. The van der Waals surface area contributed by atoms with Crippen LogP contribution in [0.25, 0.3) is 0 Å². The average Bonchev–Trinajstić information content (AvgIpc) is 1.80. The third-order valence-electron chi connectivity index (χ3n) is 0.952. The fourth-order valence-electron chi connectivity index (χ4n) is 0.627. The van der Waals surface area contributed by atoms with Crippen LogP contribution in [0.3, 0.4) is 0 Å². The van der Waals surface area contributed by atoms with Crippen LogP contribution in [0.15, 0.2) is 0 Å². The molecule has 6 heteroatoms. The molecule has 0 rings (SSSR count). The van der Waals surface area contributed by atoms with E-state index in [9.17, 15) is 19.2 Å². The summed E-state index contributed by atoms with van der Waals surface area (Å²) in [7, 11) is 0. The van der Waals surface area contributed by atoms with Gasteiger partial charge < -0.3 is 0 Å². The molecule has 0 aromatic carbocycles. The number of hydrogen-bond donors (Lipinski definition) is 2. The van der Waals surface area contributed by atoms with Crippen molar-refractivity contribution in [3.05, 3.63) is 0 Å². The molecular formula is C7H10N2O4. The first kappa shape index (κ1) is 11.3. The van der Waals surface area contributed by atoms with Gasteiger partial charge in [-0.25, -0.2) is 0 Å². The minimum absolute atomic E-state index is 0.529. The summed E-state index contributed by atoms with van der Waals surface area (Å²) in [6, 6.07) is 0. The monoisotopic (exact) mass is 186 g/mol. The Balaban J connectivity index is 3.85. The minimum atomic E-state index is -0.730. The van der Waals surface area contributed by atoms with E-state index in [2.05, 4.69) is 0 Å². The number of nitrogens with one attached hydrogen (secondary N) is 2. The second kappa shape index (κ2) is 5.02. The number of carbonyl (C=O) groups excluding carboxylic acids is 4. The fourth-order valence-corrected chi connectivity index (χ4v) is 0.627. The Labute approximate surface area is 74.7 Å². The summed E-state index contributed by atoms with van der Waals surface area (Å²) in [5, 5.41) is 3.79. The van der Waals surface area contributed by atoms with Crippen LogP contribution in [-0.2, 0) is 19.2 Å². The molecule has 0 atom stereocenters. The van der Waals surface area contributed by atoms with Crippen LogP contribution in [0.1, 0.15) is 20.3 Å². The molecule has 0 radical (unpaired) electrons. The standard InChI is InChI=1S/C7H10N2O4/c1-4(10)8-6(12)3-7(13)9-5(2)11/h3H2,1-2H3,(H,8,10,12)(H,9,11,13). The van der Waals surface area contributed by atoms with Crippen molar-refractivity contribution in [2.45, 2.75) is 20.3 Å². The molecule has 0 saturated carbocycles. The fraction of sp³-hybridized carbons (Fsp3) is 0.429. The first-order valence-electron chi connectivity index (χ1n) is 3.52. The Morgan fingerprint density at radius 2 is 1.15 bits per heavy atom. The molecule has 0 aromatic heterocycles. The maximum atomic E-state index is 10.7. The van der Waals surface area contributed by atoms with Gasteiger partial charge in [0.2, 0.25) is 23.6 Å². The smallest absolute Gasteiger partial charge is 0.235 e. The average molecular weight is 186 g/mol. The van der Waals surface area contributed by atoms with Crippen LogP contribution in [0.2, 0.25) is 0 Å². The quantitative estimate of drug-likeness (QED) is 0.524. The Morgan fingerprint density at radius 3 is 1.38 bits per heavy atom. The highest BCUT2D eigenvalue weighted by molar-refractivity contribution is 6.07. The molecule has 0 spiro atoms. The van der Waals surface area contributed by atoms with E-state index in [-0.39, 0.29) is 0 Å². The van der Waals surface area contributed by atoms with Gasteiger partial charge in [0.15, 0.2) is 0 Å². The van der Waals surface area contributed by atoms with E-state index in [1.807, 2.05) is 10.6 Å². The highest BCUT2D eigenvalue weighted by Gasteiger charge is 2.10. The van der Waals surface area contributed by atoms with Gasteiger partial charge in [0.25, 0.3) is 0 Å². The summed E-state index contributed by atoms with van der Waals surface area (Å²) in [4.78, 5) is 42.1. The SMILES string of the molecule is CC(=O)NC(=O)CC(=O)NC(C)=O. The highest BCUT2D eigenvalue weighted by Crippen LogP contribution is 1.80. The molecule has 6 nitrogen and oxygen atoms in total. The van der Waals surface area contributed by atoms with Gasteiger partial charge in [-0.1, -0.05) is 0 Å². The Kier molecular flexibility index (Phi) is 4.36. The van der Waals surface area contributed by atoms with Crippen molar-refractivity contribution in [3.63, 3.8) is 0 Å². The molecule has 0 aliphatic carbocycles. The normalized spacial score (nSPS) is 8.77. The summed E-state index contributed by atoms with van der Waals surface area (Å²) >= 11 is 0. The molecule has 0 aliphatic rings. The van der Waals surface area contributed by atoms with Gasteiger partial charge in [0.1, 0.15) is 6.42 Å². The van der Waals surface area contributed by atoms with Crippen molar-refractivity contribution in [1.29, 1.82) is 0 Å². The molecule has 72 valence electrons. The van der Waals surface area contributed by atoms with Gasteiger partial charge in [-0.2, -0.15) is 0 Å². The summed E-state index contributed by atoms with van der Waals surface area (Å²) < 4.78 is 0. The van der Waals surface area contributed by atoms with Gasteiger partial charge in [0.05, 0.1) is 0 Å². The van der Waals surface area contributed by atoms with E-state index in [0.717, 1.165) is 13.8 Å². The van der Waals surface area contributed by atoms with Crippen LogP contribution in [0, 0.1) is 0 Å². The zero-order valence-corrected chi connectivity index (χ0v) is 7.34. The van der Waals surface area contributed by atoms with Gasteiger partial charge in [0, 0.05) is 13.8 Å². The number of amides is 4. The van der Waals surface area contributed by atoms with Crippen molar-refractivity contribution in [2.24, 2.45) is 0 Å². The van der Waals surface area contributed by atoms with E-state index in [1.165, 1.54) is 0 Å². The molecule has 0 saturated heterocycles. The lowest BCUT2D eigenvalue weighted by Crippen LogP contribution is -2.35. The Hall–Kier alpha value is -1.72. The molecule has 0 aliphatic heterocycles. The molecular weight excluding hydrogens is 176 g/mol. The van der Waals surface area contributed by atoms with Crippen molar-refractivity contribution < 1.29 is 19.2 Å². The van der Waals surface area contributed by atoms with Gasteiger partial charge in [-0.15, -0.1) is 0 Å². The second-order valence-corrected chi connectivity index (χ2v) is 2.39. The number of rotatable bonds is 2. The van der Waals surface area contributed by atoms with Crippen molar-refractivity contribution in [2.75, 3.05) is 0 Å². The Bertz CT molecular complexity index is 233. The second-order valence-electron chi connectivity index (χ2n) is 2.39. The van der Waals surface area contributed by atoms with Crippen LogP contribution >= 0.6 is 0 Å². The van der Waals surface area contributed by atoms with E-state index < -0.39 is 30.0 Å². The third-order valence-corrected chi connectivity index (χ3v) is 0.952. The highest BCUT2D eigenvalue weighted by atomic mass is 16.2. The summed E-state index contributed by atoms with van der Waals surface area (Å²) in [6.45, 7) is 2.31. The minimum Gasteiger partial charge on any atom is -0.296 e. The molecule has 4 amide bonds. The van der Waals surface area contributed by atoms with Crippen LogP contribution in [-0.4, -0.2) is 23.6 Å². The van der Waals surface area contributed by atoms with Crippen molar-refractivity contribution >= 4 is 23.6 Å². The lowest BCUT2D eigenvalue weighted by Gasteiger charge is -2.00. The maximum Gasteiger partial charge on any atom is 0.235 e. The summed E-state index contributed by atoms with van der Waals surface area (Å²) in [5.41, 5.74) is 0. The van der Waals surface area contributed by atoms with E-state index in [4.69, 9.17) is 0 Å². The summed E-state index contributed by atoms with van der Waals surface area (Å²) in [6.07, 6.45) is -0.529. The first-order valence-corrected chi connectivity index (χ1v) is 3.52. The molecule has 2 N–H and O–H groups in total. The third kappa shape index (κ3) is 6.67. The van der Waals surface area contributed by atoms with E-state index >= 15 is 0 Å². The lowest BCUT2D eigenvalue weighted by molar-refractivity contribution is -0.133. The predicted octanol–water partition coefficient (Wildman–Crippen LogP) is -1.30. The van der Waals surface area contributed by atoms with Crippen LogP contribution in [0.4, 0.5) is 0 Å². The number of hydrogen-bond acceptors (Lipinski definition) is 4. The first-order chi connectivity index (χ1) is 5.91. The molecule has 0 heterocycles.